The quantitative estimate of drug-likeness (QED) is 0.402. The summed E-state index contributed by atoms with van der Waals surface area (Å²) in [5, 5.41) is 12.2. The third-order valence-electron chi connectivity index (χ3n) is 6.43. The van der Waals surface area contributed by atoms with Crippen molar-refractivity contribution >= 4 is 50.1 Å². The Kier molecular flexibility index (Phi) is 9.22. The molecule has 0 saturated heterocycles. The molecule has 2 N–H and O–H groups in total. The van der Waals surface area contributed by atoms with Crippen LogP contribution in [0.15, 0.2) is 40.7 Å². The predicted molar refractivity (Wildman–Crippen MR) is 141 cm³/mol. The first kappa shape index (κ1) is 27.5. The summed E-state index contributed by atoms with van der Waals surface area (Å²) in [5.74, 6) is 0.846. The molecule has 0 atom stereocenters. The van der Waals surface area contributed by atoms with Crippen molar-refractivity contribution < 1.29 is 23.1 Å². The maximum atomic E-state index is 13.3. The van der Waals surface area contributed by atoms with Crippen molar-refractivity contribution in [1.82, 2.24) is 9.88 Å². The SMILES string of the molecule is CC(C)(C(=O)O)S(=O)(=O)c1cnc(NC(=O)N(CCSCc2ccccc2)[C@H]2CC[C@H](C)CC2)s1. The van der Waals surface area contributed by atoms with Gasteiger partial charge in [0.2, 0.25) is 9.84 Å². The zero-order chi connectivity index (χ0) is 25.6. The van der Waals surface area contributed by atoms with E-state index in [1.54, 1.807) is 11.8 Å². The Hall–Kier alpha value is -2.11. The molecule has 0 unspecified atom stereocenters. The van der Waals surface area contributed by atoms with Crippen LogP contribution in [0.4, 0.5) is 9.93 Å². The average Bonchev–Trinajstić information content (AvgIpc) is 3.29. The number of thiazole rings is 1. The molecule has 1 aliphatic carbocycles. The molecule has 0 spiro atoms. The number of aliphatic carboxylic acids is 1. The number of carboxylic acids is 1. The van der Waals surface area contributed by atoms with Crippen LogP contribution in [0, 0.1) is 5.92 Å². The summed E-state index contributed by atoms with van der Waals surface area (Å²) in [6.45, 7) is 5.08. The third kappa shape index (κ3) is 6.77. The van der Waals surface area contributed by atoms with Gasteiger partial charge in [-0.15, -0.1) is 0 Å². The first-order valence-corrected chi connectivity index (χ1v) is 15.1. The summed E-state index contributed by atoms with van der Waals surface area (Å²) >= 11 is 2.54. The van der Waals surface area contributed by atoms with Gasteiger partial charge in [0.1, 0.15) is 4.21 Å². The number of carbonyl (C=O) groups excluding carboxylic acids is 1. The highest BCUT2D eigenvalue weighted by Crippen LogP contribution is 2.32. The van der Waals surface area contributed by atoms with Gasteiger partial charge in [0.25, 0.3) is 0 Å². The van der Waals surface area contributed by atoms with E-state index in [4.69, 9.17) is 0 Å². The molecule has 3 rings (SSSR count). The highest BCUT2D eigenvalue weighted by molar-refractivity contribution is 7.98. The van der Waals surface area contributed by atoms with E-state index in [1.807, 2.05) is 23.1 Å². The van der Waals surface area contributed by atoms with Crippen LogP contribution >= 0.6 is 23.1 Å². The number of rotatable bonds is 10. The lowest BCUT2D eigenvalue weighted by Crippen LogP contribution is -2.45. The molecule has 2 aromatic rings. The Bertz CT molecular complexity index is 1110. The summed E-state index contributed by atoms with van der Waals surface area (Å²) in [5.41, 5.74) is 1.24. The van der Waals surface area contributed by atoms with Crippen molar-refractivity contribution in [3.8, 4) is 0 Å². The number of anilines is 1. The van der Waals surface area contributed by atoms with Gasteiger partial charge in [0, 0.05) is 24.1 Å². The second kappa shape index (κ2) is 11.7. The van der Waals surface area contributed by atoms with Gasteiger partial charge >= 0.3 is 12.0 Å². The molecule has 11 heteroatoms. The Balaban J connectivity index is 1.67. The fourth-order valence-corrected chi connectivity index (χ4v) is 7.57. The van der Waals surface area contributed by atoms with E-state index in [0.717, 1.165) is 68.6 Å². The van der Waals surface area contributed by atoms with Crippen molar-refractivity contribution in [1.29, 1.82) is 0 Å². The lowest BCUT2D eigenvalue weighted by Gasteiger charge is -2.36. The van der Waals surface area contributed by atoms with Gasteiger partial charge in [-0.1, -0.05) is 48.6 Å². The predicted octanol–water partition coefficient (Wildman–Crippen LogP) is 5.13. The smallest absolute Gasteiger partial charge is 0.324 e. The fourth-order valence-electron chi connectivity index (χ4n) is 3.90. The van der Waals surface area contributed by atoms with Gasteiger partial charge in [-0.3, -0.25) is 10.1 Å². The Morgan fingerprint density at radius 1 is 1.20 bits per heavy atom. The number of benzene rings is 1. The van der Waals surface area contributed by atoms with Gasteiger partial charge in [-0.2, -0.15) is 11.8 Å². The number of nitrogens with zero attached hydrogens (tertiary/aromatic N) is 2. The van der Waals surface area contributed by atoms with Gasteiger partial charge in [-0.25, -0.2) is 18.2 Å². The van der Waals surface area contributed by atoms with Crippen molar-refractivity contribution in [3.63, 3.8) is 0 Å². The first-order valence-electron chi connectivity index (χ1n) is 11.7. The summed E-state index contributed by atoms with van der Waals surface area (Å²) < 4.78 is 23.3. The monoisotopic (exact) mass is 539 g/mol. The van der Waals surface area contributed by atoms with Crippen LogP contribution in [0.5, 0.6) is 0 Å². The number of carbonyl (C=O) groups is 2. The van der Waals surface area contributed by atoms with E-state index in [0.29, 0.717) is 12.5 Å². The molecule has 1 saturated carbocycles. The maximum absolute atomic E-state index is 13.3. The molecule has 1 aromatic heterocycles. The van der Waals surface area contributed by atoms with Gasteiger partial charge in [-0.05, 0) is 51.0 Å². The van der Waals surface area contributed by atoms with Gasteiger partial charge in [0.15, 0.2) is 9.88 Å². The van der Waals surface area contributed by atoms with E-state index in [2.05, 4.69) is 29.4 Å². The number of nitrogens with one attached hydrogen (secondary N) is 1. The summed E-state index contributed by atoms with van der Waals surface area (Å²) in [6, 6.07) is 10.00. The molecule has 1 aliphatic rings. The van der Waals surface area contributed by atoms with Crippen molar-refractivity contribution in [2.24, 2.45) is 5.92 Å². The van der Waals surface area contributed by atoms with Crippen LogP contribution in [0.1, 0.15) is 52.0 Å². The van der Waals surface area contributed by atoms with Crippen LogP contribution in [0.3, 0.4) is 0 Å². The normalized spacial score (nSPS) is 18.7. The summed E-state index contributed by atoms with van der Waals surface area (Å²) in [6.07, 6.45) is 5.11. The number of aromatic nitrogens is 1. The average molecular weight is 540 g/mol. The van der Waals surface area contributed by atoms with Gasteiger partial charge < -0.3 is 10.0 Å². The number of urea groups is 1. The number of hydrogen-bond donors (Lipinski definition) is 2. The molecule has 0 radical (unpaired) electrons. The van der Waals surface area contributed by atoms with E-state index in [1.165, 1.54) is 5.56 Å². The molecule has 1 fully saturated rings. The van der Waals surface area contributed by atoms with Crippen LogP contribution in [-0.2, 0) is 20.4 Å². The molecule has 8 nitrogen and oxygen atoms in total. The topological polar surface area (TPSA) is 117 Å². The number of hydrogen-bond acceptors (Lipinski definition) is 7. The third-order valence-corrected chi connectivity index (χ3v) is 11.2. The Morgan fingerprint density at radius 2 is 1.86 bits per heavy atom. The zero-order valence-corrected chi connectivity index (χ0v) is 22.7. The second-order valence-electron chi connectivity index (χ2n) is 9.38. The van der Waals surface area contributed by atoms with Crippen molar-refractivity contribution in [3.05, 3.63) is 42.1 Å². The summed E-state index contributed by atoms with van der Waals surface area (Å²) in [7, 11) is -4.16. The molecular weight excluding hydrogens is 506 g/mol. The zero-order valence-electron chi connectivity index (χ0n) is 20.3. The number of carboxylic acid groups (broad SMARTS) is 1. The number of sulfone groups is 1. The largest absolute Gasteiger partial charge is 0.480 e. The Labute approximate surface area is 215 Å². The molecule has 1 heterocycles. The lowest BCUT2D eigenvalue weighted by molar-refractivity contribution is -0.139. The number of thioether (sulfide) groups is 1. The molecule has 1 aromatic carbocycles. The molecule has 192 valence electrons. The van der Waals surface area contributed by atoms with Crippen LogP contribution in [0.2, 0.25) is 0 Å². The second-order valence-corrected chi connectivity index (χ2v) is 14.2. The van der Waals surface area contributed by atoms with Crippen LogP contribution < -0.4 is 5.32 Å². The molecule has 2 amide bonds. The van der Waals surface area contributed by atoms with Crippen molar-refractivity contribution in [2.75, 3.05) is 17.6 Å². The minimum atomic E-state index is -4.16. The molecule has 0 aliphatic heterocycles. The van der Waals surface area contributed by atoms with E-state index < -0.39 is 20.6 Å². The molecular formula is C24H33N3O5S3. The van der Waals surface area contributed by atoms with Crippen LogP contribution in [-0.4, -0.2) is 58.5 Å². The number of amides is 2. The maximum Gasteiger partial charge on any atom is 0.324 e. The highest BCUT2D eigenvalue weighted by atomic mass is 32.2. The highest BCUT2D eigenvalue weighted by Gasteiger charge is 2.44. The van der Waals surface area contributed by atoms with Gasteiger partial charge in [0.05, 0.1) is 6.20 Å². The minimum Gasteiger partial charge on any atom is -0.480 e. The van der Waals surface area contributed by atoms with Crippen LogP contribution in [0.25, 0.3) is 0 Å². The standard InChI is InChI=1S/C24H33N3O5S3/c1-17-9-11-19(12-10-17)27(13-14-33-16-18-7-5-4-6-8-18)23(30)26-22-25-15-20(34-22)35(31,32)24(2,3)21(28)29/h4-8,15,17,19H,9-14,16H2,1-3H3,(H,28,29)(H,25,26,30)/t17-,19-. The molecule has 0 bridgehead atoms. The van der Waals surface area contributed by atoms with Crippen molar-refractivity contribution in [2.45, 2.75) is 67.2 Å². The first-order chi connectivity index (χ1) is 16.5. The fraction of sp³-hybridized carbons (Fsp3) is 0.542. The lowest BCUT2D eigenvalue weighted by atomic mass is 9.86. The van der Waals surface area contributed by atoms with E-state index in [-0.39, 0.29) is 21.4 Å². The molecule has 35 heavy (non-hydrogen) atoms. The summed E-state index contributed by atoms with van der Waals surface area (Å²) in [4.78, 5) is 30.6. The Morgan fingerprint density at radius 3 is 2.49 bits per heavy atom. The minimum absolute atomic E-state index is 0.123. The van der Waals surface area contributed by atoms with E-state index in [9.17, 15) is 23.1 Å². The van der Waals surface area contributed by atoms with E-state index >= 15 is 0 Å².